The first-order valence-electron chi connectivity index (χ1n) is 6.47. The zero-order valence-corrected chi connectivity index (χ0v) is 9.70. The average Bonchev–Trinajstić information content (AvgIpc) is 2.67. The van der Waals surface area contributed by atoms with Crippen LogP contribution in [0.3, 0.4) is 0 Å². The van der Waals surface area contributed by atoms with Gasteiger partial charge in [-0.3, -0.25) is 0 Å². The Hall–Kier alpha value is -1.08. The van der Waals surface area contributed by atoms with Gasteiger partial charge in [-0.25, -0.2) is 0 Å². The lowest BCUT2D eigenvalue weighted by Gasteiger charge is -2.32. The maximum absolute atomic E-state index is 7.08. The van der Waals surface area contributed by atoms with Crippen LogP contribution in [0.5, 0.6) is 5.88 Å². The van der Waals surface area contributed by atoms with Gasteiger partial charge in [-0.1, -0.05) is 0 Å². The van der Waals surface area contributed by atoms with Gasteiger partial charge in [0.1, 0.15) is 0 Å². The van der Waals surface area contributed by atoms with Crippen molar-refractivity contribution < 1.29 is 18.2 Å². The fourth-order valence-electron chi connectivity index (χ4n) is 1.41. The van der Waals surface area contributed by atoms with Gasteiger partial charge in [0, 0.05) is 0 Å². The van der Waals surface area contributed by atoms with E-state index in [-0.39, 0.29) is 11.5 Å². The molecule has 0 radical (unpaired) electrons. The van der Waals surface area contributed by atoms with E-state index < -0.39 is 25.4 Å². The highest BCUT2D eigenvalue weighted by Crippen LogP contribution is 2.36. The molecular weight excluding hydrogens is 209 g/mol. The molecule has 0 amide bonds. The Kier molecular flexibility index (Phi) is 1.75. The summed E-state index contributed by atoms with van der Waals surface area (Å²) in [5, 5.41) is 9.83. The van der Waals surface area contributed by atoms with Crippen molar-refractivity contribution in [2.45, 2.75) is 38.9 Å². The second-order valence-corrected chi connectivity index (χ2v) is 4.70. The Labute approximate surface area is 99.0 Å². The van der Waals surface area contributed by atoms with Crippen LogP contribution in [0.1, 0.15) is 31.8 Å². The predicted octanol–water partition coefficient (Wildman–Crippen LogP) is 0.112. The number of hydrogen-bond acceptors (Lipinski definition) is 5. The Morgan fingerprint density at radius 2 is 1.88 bits per heavy atom. The van der Waals surface area contributed by atoms with Crippen LogP contribution in [0, 0.1) is 0 Å². The molecule has 0 atom stereocenters. The van der Waals surface area contributed by atoms with Gasteiger partial charge in [-0.15, -0.1) is 5.10 Å². The minimum Gasteiger partial charge on any atom is -0.479 e. The topological polar surface area (TPSA) is 69.3 Å². The first-order chi connectivity index (χ1) is 8.52. The summed E-state index contributed by atoms with van der Waals surface area (Å²) in [5.41, 5.74) is -0.906. The van der Waals surface area contributed by atoms with E-state index in [2.05, 4.69) is 15.4 Å². The summed E-state index contributed by atoms with van der Waals surface area (Å²) in [6, 6.07) is 0. The molecule has 1 aromatic heterocycles. The number of nitrogens with one attached hydrogen (secondary N) is 1. The van der Waals surface area contributed by atoms with Crippen LogP contribution in [0.2, 0.25) is 0 Å². The van der Waals surface area contributed by atoms with Crippen LogP contribution in [0.4, 0.5) is 0 Å². The van der Waals surface area contributed by atoms with Gasteiger partial charge in [0.15, 0.2) is 5.59 Å². The molecule has 1 aliphatic rings. The van der Waals surface area contributed by atoms with Crippen molar-refractivity contribution in [2.75, 3.05) is 7.04 Å². The highest BCUT2D eigenvalue weighted by atomic mass is 16.7. The van der Waals surface area contributed by atoms with Gasteiger partial charge < -0.3 is 14.0 Å². The van der Waals surface area contributed by atoms with E-state index in [0.717, 1.165) is 0 Å². The lowest BCUT2D eigenvalue weighted by atomic mass is 9.85. The number of hydrogen-bond donors (Lipinski definition) is 1. The number of ether oxygens (including phenoxy) is 1. The third-order valence-corrected chi connectivity index (χ3v) is 3.11. The molecule has 88 valence electrons. The highest BCUT2D eigenvalue weighted by Gasteiger charge is 2.53. The smallest absolute Gasteiger partial charge is 0.479 e. The molecule has 7 heteroatoms. The second-order valence-electron chi connectivity index (χ2n) is 4.70. The molecule has 0 bridgehead atoms. The van der Waals surface area contributed by atoms with E-state index in [1.54, 1.807) is 0 Å². The lowest BCUT2D eigenvalue weighted by molar-refractivity contribution is 0.00578. The first kappa shape index (κ1) is 8.08. The van der Waals surface area contributed by atoms with E-state index in [1.807, 2.05) is 27.7 Å². The molecule has 0 aliphatic carbocycles. The fraction of sp³-hybridized carbons (Fsp3) is 0.778. The van der Waals surface area contributed by atoms with Crippen LogP contribution >= 0.6 is 0 Å². The van der Waals surface area contributed by atoms with Crippen molar-refractivity contribution in [2.24, 2.45) is 0 Å². The number of rotatable bonds is 2. The largest absolute Gasteiger partial charge is 0.522 e. The molecule has 1 aromatic rings. The van der Waals surface area contributed by atoms with Crippen molar-refractivity contribution in [1.29, 1.82) is 0 Å². The summed E-state index contributed by atoms with van der Waals surface area (Å²) < 4.78 is 37.5. The maximum Gasteiger partial charge on any atom is 0.522 e. The molecule has 6 nitrogen and oxygen atoms in total. The molecule has 2 heterocycles. The molecule has 1 fully saturated rings. The number of H-pyrrole nitrogens is 1. The Bertz CT molecular complexity index is 459. The summed E-state index contributed by atoms with van der Waals surface area (Å²) in [6.07, 6.45) is 0. The van der Waals surface area contributed by atoms with E-state index in [4.69, 9.17) is 18.2 Å². The van der Waals surface area contributed by atoms with Crippen LogP contribution in [0.15, 0.2) is 0 Å². The Morgan fingerprint density at radius 1 is 1.25 bits per heavy atom. The quantitative estimate of drug-likeness (QED) is 0.727. The van der Waals surface area contributed by atoms with Gasteiger partial charge in [0.2, 0.25) is 0 Å². The average molecular weight is 228 g/mol. The molecule has 2 rings (SSSR count). The number of nitrogens with zero attached hydrogens (tertiary/aromatic N) is 2. The van der Waals surface area contributed by atoms with Crippen molar-refractivity contribution in [3.05, 3.63) is 0 Å². The number of aromatic amines is 1. The van der Waals surface area contributed by atoms with Crippen LogP contribution in [-0.2, 0) is 9.31 Å². The van der Waals surface area contributed by atoms with Gasteiger partial charge in [0.25, 0.3) is 5.88 Å². The fourth-order valence-corrected chi connectivity index (χ4v) is 1.41. The third-order valence-electron chi connectivity index (χ3n) is 3.11. The Balaban J connectivity index is 2.24. The summed E-state index contributed by atoms with van der Waals surface area (Å²) in [6.45, 7) is 7.55. The van der Waals surface area contributed by atoms with Crippen LogP contribution in [0.25, 0.3) is 0 Å². The summed E-state index contributed by atoms with van der Waals surface area (Å²) in [7, 11) is -3.42. The van der Waals surface area contributed by atoms with E-state index in [0.29, 0.717) is 0 Å². The highest BCUT2D eigenvalue weighted by molar-refractivity contribution is 6.62. The molecule has 1 N–H and O–H groups in total. The summed E-state index contributed by atoms with van der Waals surface area (Å²) in [4.78, 5) is 0. The maximum atomic E-state index is 7.08. The number of methoxy groups -OCH3 is 1. The van der Waals surface area contributed by atoms with Gasteiger partial charge in [0.05, 0.1) is 22.4 Å². The Morgan fingerprint density at radius 3 is 2.44 bits per heavy atom. The van der Waals surface area contributed by atoms with Crippen molar-refractivity contribution >= 4 is 12.7 Å². The molecule has 0 aromatic carbocycles. The van der Waals surface area contributed by atoms with Crippen molar-refractivity contribution in [3.63, 3.8) is 0 Å². The van der Waals surface area contributed by atoms with Gasteiger partial charge >= 0.3 is 7.12 Å². The third kappa shape index (κ3) is 1.60. The molecule has 0 saturated carbocycles. The van der Waals surface area contributed by atoms with E-state index in [1.165, 1.54) is 0 Å². The van der Waals surface area contributed by atoms with Crippen LogP contribution < -0.4 is 10.3 Å². The first-order valence-corrected chi connectivity index (χ1v) is 4.97. The van der Waals surface area contributed by atoms with E-state index in [9.17, 15) is 0 Å². The molecule has 1 saturated heterocycles. The number of aromatic nitrogens is 3. The molecule has 1 aliphatic heterocycles. The minimum atomic E-state index is -2.60. The standard InChI is InChI=1S/C9H16BN3O3/c1-8(2)9(3,4)16-10(15-8)6-7(14-5)12-13-11-6/h1-5H3,(H,11,12,13)/i5D3. The van der Waals surface area contributed by atoms with Crippen molar-refractivity contribution in [1.82, 2.24) is 15.4 Å². The van der Waals surface area contributed by atoms with Crippen LogP contribution in [-0.4, -0.2) is 40.8 Å². The minimum absolute atomic E-state index is 0.140. The zero-order valence-electron chi connectivity index (χ0n) is 12.7. The molecule has 16 heavy (non-hydrogen) atoms. The predicted molar refractivity (Wildman–Crippen MR) is 58.7 cm³/mol. The molecular formula is C9H16BN3O3. The summed E-state index contributed by atoms with van der Waals surface area (Å²) >= 11 is 0. The monoisotopic (exact) mass is 228 g/mol. The van der Waals surface area contributed by atoms with Crippen molar-refractivity contribution in [3.8, 4) is 5.88 Å². The molecule has 0 unspecified atom stereocenters. The lowest BCUT2D eigenvalue weighted by Crippen LogP contribution is -2.41. The summed E-state index contributed by atoms with van der Waals surface area (Å²) in [5.74, 6) is -0.140. The molecule has 0 spiro atoms. The SMILES string of the molecule is [2H]C([2H])([2H])Oc1n[nH]nc1B1OC(C)(C)C(C)(C)O1. The van der Waals surface area contributed by atoms with E-state index >= 15 is 0 Å². The van der Waals surface area contributed by atoms with Gasteiger partial charge in [-0.2, -0.15) is 10.3 Å². The second kappa shape index (κ2) is 3.46. The van der Waals surface area contributed by atoms with Gasteiger partial charge in [-0.05, 0) is 27.7 Å². The zero-order chi connectivity index (χ0) is 14.5. The normalized spacial score (nSPS) is 26.0.